The highest BCUT2D eigenvalue weighted by Crippen LogP contribution is 2.25. The molecular formula is C19H20Cl2N4O3S. The summed E-state index contributed by atoms with van der Waals surface area (Å²) < 4.78 is 35.7. The molecule has 154 valence electrons. The minimum atomic E-state index is -3.84. The number of benzene rings is 2. The molecule has 0 saturated carbocycles. The summed E-state index contributed by atoms with van der Waals surface area (Å²) in [5.74, 6) is 0.446. The van der Waals surface area contributed by atoms with Gasteiger partial charge in [0.05, 0.1) is 18.0 Å². The van der Waals surface area contributed by atoms with E-state index in [0.29, 0.717) is 34.8 Å². The third-order valence-corrected chi connectivity index (χ3v) is 6.28. The normalized spacial score (nSPS) is 12.7. The van der Waals surface area contributed by atoms with Crippen molar-refractivity contribution in [3.05, 3.63) is 70.0 Å². The van der Waals surface area contributed by atoms with Crippen LogP contribution in [-0.4, -0.2) is 30.3 Å². The number of ether oxygens (including phenoxy) is 1. The van der Waals surface area contributed by atoms with Crippen molar-refractivity contribution >= 4 is 33.2 Å². The summed E-state index contributed by atoms with van der Waals surface area (Å²) in [5, 5.41) is 9.21. The minimum Gasteiger partial charge on any atom is -0.467 e. The molecule has 29 heavy (non-hydrogen) atoms. The Labute approximate surface area is 179 Å². The van der Waals surface area contributed by atoms with Gasteiger partial charge in [0.2, 0.25) is 10.0 Å². The van der Waals surface area contributed by atoms with E-state index in [9.17, 15) is 8.42 Å². The first-order valence-electron chi connectivity index (χ1n) is 8.83. The van der Waals surface area contributed by atoms with E-state index in [-0.39, 0.29) is 4.90 Å². The fraction of sp³-hybridized carbons (Fsp3) is 0.263. The van der Waals surface area contributed by atoms with E-state index in [2.05, 4.69) is 14.9 Å². The van der Waals surface area contributed by atoms with Crippen molar-refractivity contribution in [2.24, 2.45) is 0 Å². The molecule has 0 aliphatic heterocycles. The van der Waals surface area contributed by atoms with Gasteiger partial charge in [0.1, 0.15) is 0 Å². The predicted octanol–water partition coefficient (Wildman–Crippen LogP) is 3.88. The number of methoxy groups -OCH3 is 1. The molecule has 0 spiro atoms. The van der Waals surface area contributed by atoms with Crippen molar-refractivity contribution in [1.29, 1.82) is 0 Å². The van der Waals surface area contributed by atoms with Gasteiger partial charge in [-0.3, -0.25) is 4.57 Å². The van der Waals surface area contributed by atoms with Gasteiger partial charge in [-0.25, -0.2) is 13.1 Å². The van der Waals surface area contributed by atoms with Crippen LogP contribution in [0.15, 0.2) is 53.4 Å². The van der Waals surface area contributed by atoms with Gasteiger partial charge in [-0.2, -0.15) is 0 Å². The zero-order chi connectivity index (χ0) is 21.0. The number of rotatable bonds is 8. The van der Waals surface area contributed by atoms with Crippen molar-refractivity contribution < 1.29 is 13.2 Å². The highest BCUT2D eigenvalue weighted by Gasteiger charge is 2.27. The van der Waals surface area contributed by atoms with Gasteiger partial charge in [-0.15, -0.1) is 5.10 Å². The molecule has 0 radical (unpaired) electrons. The molecule has 0 unspecified atom stereocenters. The van der Waals surface area contributed by atoms with E-state index >= 15 is 0 Å². The van der Waals surface area contributed by atoms with Crippen LogP contribution in [0.5, 0.6) is 6.01 Å². The number of hydrogen-bond donors (Lipinski definition) is 1. The molecule has 2 aromatic carbocycles. The van der Waals surface area contributed by atoms with Crippen LogP contribution in [0.4, 0.5) is 0 Å². The Hall–Kier alpha value is -2.13. The first-order chi connectivity index (χ1) is 13.8. The lowest BCUT2D eigenvalue weighted by Crippen LogP contribution is -2.32. The lowest BCUT2D eigenvalue weighted by atomic mass is 10.1. The third-order valence-electron chi connectivity index (χ3n) is 4.31. The van der Waals surface area contributed by atoms with Crippen molar-refractivity contribution in [2.75, 3.05) is 7.11 Å². The summed E-state index contributed by atoms with van der Waals surface area (Å²) >= 11 is 12.0. The number of hydrogen-bond acceptors (Lipinski definition) is 5. The van der Waals surface area contributed by atoms with Crippen LogP contribution in [0, 0.1) is 0 Å². The fourth-order valence-corrected chi connectivity index (χ4v) is 4.49. The molecule has 0 aliphatic carbocycles. The van der Waals surface area contributed by atoms with E-state index in [0.717, 1.165) is 5.56 Å². The summed E-state index contributed by atoms with van der Waals surface area (Å²) in [6, 6.07) is 12.8. The van der Waals surface area contributed by atoms with Crippen molar-refractivity contribution in [3.63, 3.8) is 0 Å². The van der Waals surface area contributed by atoms with Crippen LogP contribution in [0.2, 0.25) is 10.0 Å². The van der Waals surface area contributed by atoms with Crippen molar-refractivity contribution in [3.8, 4) is 6.01 Å². The SMILES string of the molecule is CCn1c(OC)nnc1[C@@H](Cc1cccc(Cl)c1)NS(=O)(=O)c1ccc(Cl)cc1. The number of nitrogens with zero attached hydrogens (tertiary/aromatic N) is 3. The number of nitrogens with one attached hydrogen (secondary N) is 1. The molecule has 0 aliphatic rings. The van der Waals surface area contributed by atoms with Gasteiger partial charge in [0.25, 0.3) is 0 Å². The van der Waals surface area contributed by atoms with Crippen LogP contribution < -0.4 is 9.46 Å². The summed E-state index contributed by atoms with van der Waals surface area (Å²) in [6.45, 7) is 2.42. The molecule has 10 heteroatoms. The Kier molecular flexibility index (Phi) is 6.79. The zero-order valence-corrected chi connectivity index (χ0v) is 18.2. The topological polar surface area (TPSA) is 86.1 Å². The molecule has 7 nitrogen and oxygen atoms in total. The quantitative estimate of drug-likeness (QED) is 0.557. The Bertz CT molecular complexity index is 1090. The monoisotopic (exact) mass is 454 g/mol. The van der Waals surface area contributed by atoms with Crippen LogP contribution in [0.25, 0.3) is 0 Å². The second-order valence-corrected chi connectivity index (χ2v) is 8.84. The maximum absolute atomic E-state index is 13.0. The van der Waals surface area contributed by atoms with E-state index in [1.54, 1.807) is 16.7 Å². The van der Waals surface area contributed by atoms with Crippen LogP contribution in [-0.2, 0) is 23.0 Å². The lowest BCUT2D eigenvalue weighted by molar-refractivity contribution is 0.354. The first-order valence-corrected chi connectivity index (χ1v) is 11.1. The molecule has 1 aromatic heterocycles. The Morgan fingerprint density at radius 3 is 2.45 bits per heavy atom. The number of aromatic nitrogens is 3. The molecule has 1 atom stereocenters. The zero-order valence-electron chi connectivity index (χ0n) is 15.8. The van der Waals surface area contributed by atoms with Crippen LogP contribution >= 0.6 is 23.2 Å². The summed E-state index contributed by atoms with van der Waals surface area (Å²) in [5.41, 5.74) is 0.853. The third kappa shape index (κ3) is 5.08. The van der Waals surface area contributed by atoms with Crippen LogP contribution in [0.1, 0.15) is 24.4 Å². The first kappa shape index (κ1) is 21.6. The molecule has 1 N–H and O–H groups in total. The molecular weight excluding hydrogens is 435 g/mol. The van der Waals surface area contributed by atoms with Gasteiger partial charge in [-0.05, 0) is 55.3 Å². The second kappa shape index (κ2) is 9.13. The van der Waals surface area contributed by atoms with E-state index in [4.69, 9.17) is 27.9 Å². The van der Waals surface area contributed by atoms with Gasteiger partial charge < -0.3 is 4.74 Å². The van der Waals surface area contributed by atoms with Gasteiger partial charge in [0.15, 0.2) is 5.82 Å². The Morgan fingerprint density at radius 2 is 1.83 bits per heavy atom. The fourth-order valence-electron chi connectivity index (χ4n) is 2.96. The van der Waals surface area contributed by atoms with E-state index < -0.39 is 16.1 Å². The minimum absolute atomic E-state index is 0.104. The molecule has 0 bridgehead atoms. The molecule has 1 heterocycles. The Balaban J connectivity index is 2.00. The lowest BCUT2D eigenvalue weighted by Gasteiger charge is -2.19. The predicted molar refractivity (Wildman–Crippen MR) is 112 cm³/mol. The van der Waals surface area contributed by atoms with Crippen molar-refractivity contribution in [1.82, 2.24) is 19.5 Å². The average Bonchev–Trinajstić information content (AvgIpc) is 3.11. The van der Waals surface area contributed by atoms with E-state index in [1.807, 2.05) is 19.1 Å². The molecule has 3 aromatic rings. The van der Waals surface area contributed by atoms with Crippen LogP contribution in [0.3, 0.4) is 0 Å². The highest BCUT2D eigenvalue weighted by molar-refractivity contribution is 7.89. The molecule has 0 fully saturated rings. The van der Waals surface area contributed by atoms with E-state index in [1.165, 1.54) is 31.4 Å². The standard InChI is InChI=1S/C19H20Cl2N4O3S/c1-3-25-18(22-23-19(25)28-2)17(12-13-5-4-6-15(21)11-13)24-29(26,27)16-9-7-14(20)8-10-16/h4-11,17,24H,3,12H2,1-2H3/t17-/m1/s1. The smallest absolute Gasteiger partial charge is 0.316 e. The van der Waals surface area contributed by atoms with Gasteiger partial charge in [0, 0.05) is 16.6 Å². The summed E-state index contributed by atoms with van der Waals surface area (Å²) in [7, 11) is -2.35. The second-order valence-electron chi connectivity index (χ2n) is 6.25. The largest absolute Gasteiger partial charge is 0.467 e. The number of halogens is 2. The number of sulfonamides is 1. The van der Waals surface area contributed by atoms with Gasteiger partial charge in [-0.1, -0.05) is 40.4 Å². The summed E-state index contributed by atoms with van der Waals surface area (Å²) in [6.07, 6.45) is 0.329. The maximum Gasteiger partial charge on any atom is 0.316 e. The average molecular weight is 455 g/mol. The molecule has 0 saturated heterocycles. The highest BCUT2D eigenvalue weighted by atomic mass is 35.5. The van der Waals surface area contributed by atoms with Gasteiger partial charge >= 0.3 is 6.01 Å². The summed E-state index contributed by atoms with van der Waals surface area (Å²) in [4.78, 5) is 0.104. The molecule has 0 amide bonds. The maximum atomic E-state index is 13.0. The Morgan fingerprint density at radius 1 is 1.10 bits per heavy atom. The molecule has 3 rings (SSSR count). The van der Waals surface area contributed by atoms with Crippen molar-refractivity contribution in [2.45, 2.75) is 30.8 Å².